The molecule has 1 amide bonds. The van der Waals surface area contributed by atoms with Crippen molar-refractivity contribution in [3.05, 3.63) is 17.5 Å². The van der Waals surface area contributed by atoms with E-state index in [0.29, 0.717) is 0 Å². The van der Waals surface area contributed by atoms with Gasteiger partial charge in [0.25, 0.3) is 5.91 Å². The van der Waals surface area contributed by atoms with Crippen molar-refractivity contribution in [3.8, 4) is 0 Å². The van der Waals surface area contributed by atoms with E-state index >= 15 is 0 Å². The molecule has 1 aromatic rings. The zero-order valence-corrected chi connectivity index (χ0v) is 9.52. The maximum Gasteiger partial charge on any atom is 0.357 e. The van der Waals surface area contributed by atoms with Crippen molar-refractivity contribution in [3.63, 3.8) is 0 Å². The molecule has 0 saturated heterocycles. The Balaban J connectivity index is 2.94. The summed E-state index contributed by atoms with van der Waals surface area (Å²) in [6.45, 7) is 3.79. The normalized spacial score (nSPS) is 12.2. The molecule has 0 aliphatic rings. The van der Waals surface area contributed by atoms with Crippen molar-refractivity contribution in [1.29, 1.82) is 0 Å². The molecule has 16 heavy (non-hydrogen) atoms. The fraction of sp³-hybridized carbons (Fsp3) is 0.500. The van der Waals surface area contributed by atoms with E-state index in [1.54, 1.807) is 7.05 Å². The molecule has 0 aliphatic carbocycles. The lowest BCUT2D eigenvalue weighted by Gasteiger charge is -2.10. The highest BCUT2D eigenvalue weighted by atomic mass is 16.4. The Morgan fingerprint density at radius 3 is 2.75 bits per heavy atom. The van der Waals surface area contributed by atoms with Crippen molar-refractivity contribution in [2.24, 2.45) is 7.05 Å². The lowest BCUT2D eigenvalue weighted by molar-refractivity contribution is 0.0683. The third-order valence-corrected chi connectivity index (χ3v) is 2.27. The Bertz CT molecular complexity index is 411. The van der Waals surface area contributed by atoms with Gasteiger partial charge in [0.2, 0.25) is 0 Å². The Morgan fingerprint density at radius 2 is 2.25 bits per heavy atom. The number of carbonyl (C=O) groups is 2. The summed E-state index contributed by atoms with van der Waals surface area (Å²) >= 11 is 0. The van der Waals surface area contributed by atoms with E-state index in [4.69, 9.17) is 5.11 Å². The van der Waals surface area contributed by atoms with Crippen LogP contribution in [0.3, 0.4) is 0 Å². The first-order chi connectivity index (χ1) is 7.45. The van der Waals surface area contributed by atoms with Gasteiger partial charge in [0.05, 0.1) is 5.56 Å². The van der Waals surface area contributed by atoms with E-state index in [2.05, 4.69) is 10.4 Å². The quantitative estimate of drug-likeness (QED) is 0.787. The lowest BCUT2D eigenvalue weighted by Crippen LogP contribution is -2.32. The fourth-order valence-electron chi connectivity index (χ4n) is 1.22. The molecule has 0 bridgehead atoms. The minimum absolute atomic E-state index is 0.00866. The van der Waals surface area contributed by atoms with Crippen LogP contribution in [-0.4, -0.2) is 32.8 Å². The minimum atomic E-state index is -1.20. The molecule has 0 saturated carbocycles. The number of carboxylic acid groups (broad SMARTS) is 1. The number of rotatable bonds is 4. The molecule has 1 heterocycles. The molecule has 6 nitrogen and oxygen atoms in total. The number of aromatic nitrogens is 2. The van der Waals surface area contributed by atoms with Crippen molar-refractivity contribution in [1.82, 2.24) is 15.1 Å². The van der Waals surface area contributed by atoms with Crippen LogP contribution < -0.4 is 5.32 Å². The second kappa shape index (κ2) is 4.78. The number of aryl methyl sites for hydroxylation is 1. The summed E-state index contributed by atoms with van der Waals surface area (Å²) in [5.41, 5.74) is -0.126. The van der Waals surface area contributed by atoms with E-state index in [9.17, 15) is 9.59 Å². The molecule has 0 fully saturated rings. The van der Waals surface area contributed by atoms with Crippen LogP contribution in [0.15, 0.2) is 6.20 Å². The first kappa shape index (κ1) is 12.2. The summed E-state index contributed by atoms with van der Waals surface area (Å²) in [6.07, 6.45) is 2.19. The van der Waals surface area contributed by atoms with Crippen LogP contribution in [0.1, 0.15) is 41.1 Å². The lowest BCUT2D eigenvalue weighted by atomic mass is 10.2. The molecule has 6 heteroatoms. The summed E-state index contributed by atoms with van der Waals surface area (Å²) in [5, 5.41) is 15.3. The Labute approximate surface area is 93.3 Å². The van der Waals surface area contributed by atoms with E-state index in [0.717, 1.165) is 6.42 Å². The Hall–Kier alpha value is -1.85. The first-order valence-electron chi connectivity index (χ1n) is 5.03. The Kier molecular flexibility index (Phi) is 3.65. The predicted octanol–water partition coefficient (Wildman–Crippen LogP) is 0.647. The van der Waals surface area contributed by atoms with Gasteiger partial charge in [-0.2, -0.15) is 5.10 Å². The third-order valence-electron chi connectivity index (χ3n) is 2.27. The molecule has 1 atom stereocenters. The van der Waals surface area contributed by atoms with E-state index in [-0.39, 0.29) is 17.3 Å². The van der Waals surface area contributed by atoms with Gasteiger partial charge in [0.1, 0.15) is 0 Å². The van der Waals surface area contributed by atoms with Crippen LogP contribution in [0.2, 0.25) is 0 Å². The smallest absolute Gasteiger partial charge is 0.357 e. The average molecular weight is 225 g/mol. The number of nitrogens with one attached hydrogen (secondary N) is 1. The summed E-state index contributed by atoms with van der Waals surface area (Å²) < 4.78 is 1.31. The molecular formula is C10H15N3O3. The number of hydrogen-bond donors (Lipinski definition) is 2. The van der Waals surface area contributed by atoms with Crippen LogP contribution in [0.5, 0.6) is 0 Å². The number of amides is 1. The van der Waals surface area contributed by atoms with Crippen LogP contribution in [0, 0.1) is 0 Å². The molecule has 1 rings (SSSR count). The maximum absolute atomic E-state index is 11.7. The standard InChI is InChI=1S/C10H15N3O3/c1-4-6(2)11-9(14)7-5-13(3)12-8(7)10(15)16/h5-6H,4H2,1-3H3,(H,11,14)(H,15,16). The summed E-state index contributed by atoms with van der Waals surface area (Å²) in [6, 6.07) is 0.00866. The van der Waals surface area contributed by atoms with Gasteiger partial charge in [0.15, 0.2) is 5.69 Å². The van der Waals surface area contributed by atoms with Gasteiger partial charge >= 0.3 is 5.97 Å². The van der Waals surface area contributed by atoms with Crippen molar-refractivity contribution >= 4 is 11.9 Å². The Morgan fingerprint density at radius 1 is 1.62 bits per heavy atom. The van der Waals surface area contributed by atoms with Crippen LogP contribution in [-0.2, 0) is 7.05 Å². The summed E-state index contributed by atoms with van der Waals surface area (Å²) in [5.74, 6) is -1.60. The SMILES string of the molecule is CCC(C)NC(=O)c1cn(C)nc1C(=O)O. The summed E-state index contributed by atoms with van der Waals surface area (Å²) in [4.78, 5) is 22.6. The zero-order chi connectivity index (χ0) is 12.3. The van der Waals surface area contributed by atoms with Gasteiger partial charge in [-0.05, 0) is 13.3 Å². The highest BCUT2D eigenvalue weighted by Crippen LogP contribution is 2.07. The van der Waals surface area contributed by atoms with Crippen LogP contribution in [0.25, 0.3) is 0 Å². The van der Waals surface area contributed by atoms with Gasteiger partial charge in [-0.25, -0.2) is 4.79 Å². The van der Waals surface area contributed by atoms with Crippen LogP contribution in [0.4, 0.5) is 0 Å². The minimum Gasteiger partial charge on any atom is -0.476 e. The number of hydrogen-bond acceptors (Lipinski definition) is 3. The van der Waals surface area contributed by atoms with Crippen molar-refractivity contribution in [2.75, 3.05) is 0 Å². The molecule has 0 aliphatic heterocycles. The predicted molar refractivity (Wildman–Crippen MR) is 57.4 cm³/mol. The highest BCUT2D eigenvalue weighted by Gasteiger charge is 2.21. The topological polar surface area (TPSA) is 84.2 Å². The van der Waals surface area contributed by atoms with Gasteiger partial charge in [-0.15, -0.1) is 0 Å². The summed E-state index contributed by atoms with van der Waals surface area (Å²) in [7, 11) is 1.58. The molecule has 0 spiro atoms. The van der Waals surface area contributed by atoms with Crippen molar-refractivity contribution < 1.29 is 14.7 Å². The monoisotopic (exact) mass is 225 g/mol. The van der Waals surface area contributed by atoms with E-state index in [1.807, 2.05) is 13.8 Å². The molecule has 88 valence electrons. The van der Waals surface area contributed by atoms with Crippen LogP contribution >= 0.6 is 0 Å². The molecule has 1 aromatic heterocycles. The van der Waals surface area contributed by atoms with Gasteiger partial charge in [-0.3, -0.25) is 9.48 Å². The van der Waals surface area contributed by atoms with Gasteiger partial charge in [0, 0.05) is 19.3 Å². The van der Waals surface area contributed by atoms with Gasteiger partial charge < -0.3 is 10.4 Å². The largest absolute Gasteiger partial charge is 0.476 e. The second-order valence-electron chi connectivity index (χ2n) is 3.65. The number of aromatic carboxylic acids is 1. The maximum atomic E-state index is 11.7. The molecule has 0 radical (unpaired) electrons. The number of carboxylic acids is 1. The number of carbonyl (C=O) groups excluding carboxylic acids is 1. The van der Waals surface area contributed by atoms with E-state index in [1.165, 1.54) is 10.9 Å². The van der Waals surface area contributed by atoms with Gasteiger partial charge in [-0.1, -0.05) is 6.92 Å². The molecule has 0 aromatic carbocycles. The third kappa shape index (κ3) is 2.59. The molecular weight excluding hydrogens is 210 g/mol. The molecule has 1 unspecified atom stereocenters. The average Bonchev–Trinajstić information content (AvgIpc) is 2.60. The highest BCUT2D eigenvalue weighted by molar-refractivity contribution is 6.03. The number of nitrogens with zero attached hydrogens (tertiary/aromatic N) is 2. The van der Waals surface area contributed by atoms with E-state index < -0.39 is 11.9 Å². The molecule has 2 N–H and O–H groups in total. The second-order valence-corrected chi connectivity index (χ2v) is 3.65. The fourth-order valence-corrected chi connectivity index (χ4v) is 1.22. The zero-order valence-electron chi connectivity index (χ0n) is 9.52. The van der Waals surface area contributed by atoms with Crippen molar-refractivity contribution in [2.45, 2.75) is 26.3 Å². The first-order valence-corrected chi connectivity index (χ1v) is 5.03.